The minimum absolute atomic E-state index is 0.120. The molecule has 3 heterocycles. The molecule has 6 rings (SSSR count). The highest BCUT2D eigenvalue weighted by Gasteiger charge is 2.20. The van der Waals surface area contributed by atoms with E-state index in [1.807, 2.05) is 18.2 Å². The van der Waals surface area contributed by atoms with E-state index in [-0.39, 0.29) is 12.1 Å². The van der Waals surface area contributed by atoms with Gasteiger partial charge in [-0.3, -0.25) is 9.88 Å². The fourth-order valence-electron chi connectivity index (χ4n) is 5.31. The van der Waals surface area contributed by atoms with E-state index in [9.17, 15) is 0 Å². The van der Waals surface area contributed by atoms with Crippen LogP contribution in [0.4, 0.5) is 14.5 Å². The molecule has 2 aliphatic rings. The first kappa shape index (κ1) is 24.9. The highest BCUT2D eigenvalue weighted by molar-refractivity contribution is 5.92. The lowest BCUT2D eigenvalue weighted by Gasteiger charge is -2.32. The summed E-state index contributed by atoms with van der Waals surface area (Å²) in [5.74, 6) is -1.05. The number of aromatic nitrogens is 2. The first-order chi connectivity index (χ1) is 18.5. The maximum absolute atomic E-state index is 15.2. The van der Waals surface area contributed by atoms with Crippen molar-refractivity contribution in [1.29, 1.82) is 0 Å². The number of hydrogen-bond donors (Lipinski definition) is 1. The minimum atomic E-state index is -0.524. The lowest BCUT2D eigenvalue weighted by molar-refractivity contribution is 0.145. The Morgan fingerprint density at radius 2 is 1.55 bits per heavy atom. The van der Waals surface area contributed by atoms with E-state index < -0.39 is 11.6 Å². The first-order valence-corrected chi connectivity index (χ1v) is 13.3. The second-order valence-corrected chi connectivity index (χ2v) is 10.2. The molecule has 1 aromatic heterocycles. The van der Waals surface area contributed by atoms with Gasteiger partial charge >= 0.3 is 0 Å². The normalized spacial score (nSPS) is 17.3. The zero-order valence-corrected chi connectivity index (χ0v) is 21.6. The molecule has 2 aliphatic heterocycles. The van der Waals surface area contributed by atoms with Crippen molar-refractivity contribution in [3.05, 3.63) is 78.0 Å². The Morgan fingerprint density at radius 3 is 2.26 bits per heavy atom. The van der Waals surface area contributed by atoms with Gasteiger partial charge in [-0.05, 0) is 42.9 Å². The van der Waals surface area contributed by atoms with Crippen LogP contribution in [0.3, 0.4) is 0 Å². The number of hydrogen-bond acceptors (Lipinski definition) is 6. The van der Waals surface area contributed by atoms with Crippen LogP contribution in [0, 0.1) is 11.6 Å². The third-order valence-electron chi connectivity index (χ3n) is 7.65. The van der Waals surface area contributed by atoms with Gasteiger partial charge in [0, 0.05) is 81.3 Å². The quantitative estimate of drug-likeness (QED) is 0.426. The zero-order chi connectivity index (χ0) is 26.1. The lowest BCUT2D eigenvalue weighted by atomic mass is 10.0. The molecule has 196 valence electrons. The Hall–Kier alpha value is -3.46. The molecule has 0 amide bonds. The first-order valence-electron chi connectivity index (χ1n) is 13.3. The highest BCUT2D eigenvalue weighted by atomic mass is 19.1. The fraction of sp³-hybridized carbons (Fsp3) is 0.333. The van der Waals surface area contributed by atoms with Crippen LogP contribution >= 0.6 is 0 Å². The summed E-state index contributed by atoms with van der Waals surface area (Å²) in [7, 11) is 2.06. The number of piperazine rings is 2. The van der Waals surface area contributed by atoms with Crippen molar-refractivity contribution in [3.63, 3.8) is 0 Å². The number of fused-ring (bicyclic) bond motifs is 1. The van der Waals surface area contributed by atoms with Crippen LogP contribution in [0.5, 0.6) is 0 Å². The average Bonchev–Trinajstić information content (AvgIpc) is 2.96. The van der Waals surface area contributed by atoms with Crippen molar-refractivity contribution >= 4 is 16.7 Å². The van der Waals surface area contributed by atoms with Gasteiger partial charge in [-0.25, -0.2) is 13.8 Å². The molecule has 2 fully saturated rings. The van der Waals surface area contributed by atoms with Gasteiger partial charge in [-0.1, -0.05) is 24.3 Å². The summed E-state index contributed by atoms with van der Waals surface area (Å²) in [4.78, 5) is 16.2. The molecule has 0 unspecified atom stereocenters. The number of para-hydroxylation sites is 1. The second-order valence-electron chi connectivity index (χ2n) is 10.2. The molecule has 1 N–H and O–H groups in total. The topological polar surface area (TPSA) is 47.5 Å². The molecule has 3 aromatic carbocycles. The van der Waals surface area contributed by atoms with Crippen LogP contribution in [0.1, 0.15) is 5.56 Å². The van der Waals surface area contributed by atoms with Gasteiger partial charge in [-0.2, -0.15) is 0 Å². The van der Waals surface area contributed by atoms with Gasteiger partial charge in [0.15, 0.2) is 0 Å². The van der Waals surface area contributed by atoms with Crippen LogP contribution in [-0.4, -0.2) is 79.2 Å². The number of halogens is 2. The van der Waals surface area contributed by atoms with Crippen LogP contribution < -0.4 is 10.2 Å². The lowest BCUT2D eigenvalue weighted by Crippen LogP contribution is -2.44. The minimum Gasteiger partial charge on any atom is -0.369 e. The summed E-state index contributed by atoms with van der Waals surface area (Å²) in [5, 5.41) is 3.38. The van der Waals surface area contributed by atoms with Crippen molar-refractivity contribution in [2.75, 3.05) is 64.3 Å². The fourth-order valence-corrected chi connectivity index (χ4v) is 5.31. The standard InChI is InChI=1S/C30H32F2N6/c1-36-13-15-37(16-14-36)20-25-26(31)17-22(18-27(25)32)24-3-2-4-28-30(24)35-29(19-34-28)21-5-7-23(8-6-21)38-11-9-33-10-12-38/h2-8,17-19,33H,9-16,20H2,1H3. The Morgan fingerprint density at radius 1 is 0.842 bits per heavy atom. The summed E-state index contributed by atoms with van der Waals surface area (Å²) in [6.07, 6.45) is 1.76. The summed E-state index contributed by atoms with van der Waals surface area (Å²) in [6.45, 7) is 7.61. The summed E-state index contributed by atoms with van der Waals surface area (Å²) in [5.41, 5.74) is 5.43. The summed E-state index contributed by atoms with van der Waals surface area (Å²) < 4.78 is 30.5. The van der Waals surface area contributed by atoms with E-state index in [1.54, 1.807) is 6.20 Å². The molecular formula is C30H32F2N6. The Labute approximate surface area is 221 Å². The largest absolute Gasteiger partial charge is 0.369 e. The number of nitrogens with zero attached hydrogens (tertiary/aromatic N) is 5. The van der Waals surface area contributed by atoms with E-state index in [1.165, 1.54) is 17.8 Å². The smallest absolute Gasteiger partial charge is 0.131 e. The molecule has 0 aliphatic carbocycles. The SMILES string of the molecule is CN1CCN(Cc2c(F)cc(-c3cccc4ncc(-c5ccc(N6CCNCC6)cc5)nc34)cc2F)CC1. The van der Waals surface area contributed by atoms with Crippen molar-refractivity contribution in [2.24, 2.45) is 0 Å². The number of benzene rings is 3. The molecule has 0 atom stereocenters. The van der Waals surface area contributed by atoms with Gasteiger partial charge in [-0.15, -0.1) is 0 Å². The van der Waals surface area contributed by atoms with E-state index >= 15 is 8.78 Å². The molecule has 0 saturated carbocycles. The molecule has 0 bridgehead atoms. The average molecular weight is 515 g/mol. The van der Waals surface area contributed by atoms with Crippen molar-refractivity contribution in [2.45, 2.75) is 6.54 Å². The Bertz CT molecular complexity index is 1400. The van der Waals surface area contributed by atoms with E-state index in [4.69, 9.17) is 4.98 Å². The zero-order valence-electron chi connectivity index (χ0n) is 21.6. The highest BCUT2D eigenvalue weighted by Crippen LogP contribution is 2.31. The Kier molecular flexibility index (Phi) is 7.02. The van der Waals surface area contributed by atoms with Crippen LogP contribution in [0.2, 0.25) is 0 Å². The maximum Gasteiger partial charge on any atom is 0.131 e. The molecule has 0 spiro atoms. The molecule has 8 heteroatoms. The number of nitrogens with one attached hydrogen (secondary N) is 1. The molecule has 4 aromatic rings. The maximum atomic E-state index is 15.2. The van der Waals surface area contributed by atoms with Gasteiger partial charge in [0.1, 0.15) is 11.6 Å². The van der Waals surface area contributed by atoms with E-state index in [0.717, 1.165) is 63.6 Å². The predicted molar refractivity (Wildman–Crippen MR) is 148 cm³/mol. The Balaban J connectivity index is 1.30. The number of likely N-dealkylation sites (N-methyl/N-ethyl adjacent to an activating group) is 1. The molecule has 6 nitrogen and oxygen atoms in total. The molecular weight excluding hydrogens is 482 g/mol. The van der Waals surface area contributed by atoms with Crippen LogP contribution in [0.15, 0.2) is 60.8 Å². The number of anilines is 1. The third kappa shape index (κ3) is 5.12. The summed E-state index contributed by atoms with van der Waals surface area (Å²) >= 11 is 0. The molecule has 2 saturated heterocycles. The second kappa shape index (κ2) is 10.7. The van der Waals surface area contributed by atoms with Gasteiger partial charge in [0.25, 0.3) is 0 Å². The predicted octanol–water partition coefficient (Wildman–Crippen LogP) is 4.40. The monoisotopic (exact) mass is 514 g/mol. The van der Waals surface area contributed by atoms with Crippen molar-refractivity contribution in [1.82, 2.24) is 25.1 Å². The van der Waals surface area contributed by atoms with Crippen molar-refractivity contribution < 1.29 is 8.78 Å². The van der Waals surface area contributed by atoms with Gasteiger partial charge < -0.3 is 15.1 Å². The third-order valence-corrected chi connectivity index (χ3v) is 7.65. The van der Waals surface area contributed by atoms with Crippen LogP contribution in [0.25, 0.3) is 33.4 Å². The van der Waals surface area contributed by atoms with E-state index in [2.05, 4.69) is 56.3 Å². The molecule has 38 heavy (non-hydrogen) atoms. The summed E-state index contributed by atoms with van der Waals surface area (Å²) in [6, 6.07) is 16.8. The van der Waals surface area contributed by atoms with E-state index in [0.29, 0.717) is 22.2 Å². The van der Waals surface area contributed by atoms with Gasteiger partial charge in [0.2, 0.25) is 0 Å². The number of rotatable bonds is 5. The molecule has 0 radical (unpaired) electrons. The van der Waals surface area contributed by atoms with Crippen LogP contribution in [-0.2, 0) is 6.54 Å². The van der Waals surface area contributed by atoms with Crippen molar-refractivity contribution in [3.8, 4) is 22.4 Å². The van der Waals surface area contributed by atoms with Gasteiger partial charge in [0.05, 0.1) is 22.9 Å².